The molecule has 0 bridgehead atoms. The first-order valence-corrected chi connectivity index (χ1v) is 9.13. The number of carbonyl (C=O) groups is 2. The number of likely N-dealkylation sites (tertiary alicyclic amines) is 1. The molecule has 0 aliphatic carbocycles. The molecule has 3 rings (SSSR count). The number of nitrogens with one attached hydrogen (secondary N) is 1. The first-order valence-electron chi connectivity index (χ1n) is 9.13. The Hall–Kier alpha value is -3.29. The summed E-state index contributed by atoms with van der Waals surface area (Å²) in [6, 6.07) is 8.15. The standard InChI is InChI=1S/C20H22N4O4/c1-13-3-6-18(21-12-13)22-19(25)15-7-9-23(10-8-15)20(26)16-5-4-14(2)17(11-16)24(27)28/h3-6,11-12,15H,7-10H2,1-2H3,(H,21,22,25). The minimum Gasteiger partial charge on any atom is -0.339 e. The first-order chi connectivity index (χ1) is 13.3. The number of hydrogen-bond donors (Lipinski definition) is 1. The average molecular weight is 382 g/mol. The molecule has 0 unspecified atom stereocenters. The summed E-state index contributed by atoms with van der Waals surface area (Å²) in [4.78, 5) is 41.5. The van der Waals surface area contributed by atoms with Crippen LogP contribution in [-0.2, 0) is 4.79 Å². The van der Waals surface area contributed by atoms with E-state index in [0.717, 1.165) is 5.56 Å². The lowest BCUT2D eigenvalue weighted by Crippen LogP contribution is -2.41. The van der Waals surface area contributed by atoms with Crippen molar-refractivity contribution in [3.8, 4) is 0 Å². The summed E-state index contributed by atoms with van der Waals surface area (Å²) in [6.45, 7) is 4.42. The Morgan fingerprint density at radius 2 is 1.89 bits per heavy atom. The van der Waals surface area contributed by atoms with Gasteiger partial charge in [-0.1, -0.05) is 12.1 Å². The van der Waals surface area contributed by atoms with Crippen molar-refractivity contribution in [2.45, 2.75) is 26.7 Å². The van der Waals surface area contributed by atoms with Crippen molar-refractivity contribution >= 4 is 23.3 Å². The Balaban J connectivity index is 1.59. The summed E-state index contributed by atoms with van der Waals surface area (Å²) in [6.07, 6.45) is 2.77. The fraction of sp³-hybridized carbons (Fsp3) is 0.350. The predicted octanol–water partition coefficient (Wildman–Crippen LogP) is 3.10. The lowest BCUT2D eigenvalue weighted by atomic mass is 9.95. The lowest BCUT2D eigenvalue weighted by Gasteiger charge is -2.31. The van der Waals surface area contributed by atoms with Gasteiger partial charge in [0.15, 0.2) is 0 Å². The van der Waals surface area contributed by atoms with E-state index in [1.165, 1.54) is 6.07 Å². The van der Waals surface area contributed by atoms with Gasteiger partial charge in [0.05, 0.1) is 4.92 Å². The highest BCUT2D eigenvalue weighted by Crippen LogP contribution is 2.24. The Labute approximate surface area is 162 Å². The molecular formula is C20H22N4O4. The van der Waals surface area contributed by atoms with Crippen LogP contribution in [0.1, 0.15) is 34.3 Å². The summed E-state index contributed by atoms with van der Waals surface area (Å²) in [5.41, 5.74) is 1.76. The van der Waals surface area contributed by atoms with Gasteiger partial charge in [0.25, 0.3) is 11.6 Å². The number of carbonyl (C=O) groups excluding carboxylic acids is 2. The van der Waals surface area contributed by atoms with Crippen LogP contribution < -0.4 is 5.32 Å². The van der Waals surface area contributed by atoms with E-state index < -0.39 is 4.92 Å². The van der Waals surface area contributed by atoms with Gasteiger partial charge < -0.3 is 10.2 Å². The number of benzene rings is 1. The number of nitrogens with zero attached hydrogens (tertiary/aromatic N) is 3. The summed E-state index contributed by atoms with van der Waals surface area (Å²) >= 11 is 0. The predicted molar refractivity (Wildman–Crippen MR) is 104 cm³/mol. The maximum absolute atomic E-state index is 12.7. The van der Waals surface area contributed by atoms with E-state index in [0.29, 0.717) is 42.9 Å². The number of nitro groups is 1. The van der Waals surface area contributed by atoms with Gasteiger partial charge in [-0.05, 0) is 44.4 Å². The maximum Gasteiger partial charge on any atom is 0.273 e. The lowest BCUT2D eigenvalue weighted by molar-refractivity contribution is -0.385. The second kappa shape index (κ2) is 8.16. The average Bonchev–Trinajstić information content (AvgIpc) is 2.69. The van der Waals surface area contributed by atoms with E-state index >= 15 is 0 Å². The Morgan fingerprint density at radius 3 is 2.50 bits per heavy atom. The molecular weight excluding hydrogens is 360 g/mol. The second-order valence-corrected chi connectivity index (χ2v) is 7.03. The highest BCUT2D eigenvalue weighted by molar-refractivity contribution is 5.95. The minimum atomic E-state index is -0.484. The van der Waals surface area contributed by atoms with E-state index in [1.54, 1.807) is 36.2 Å². The van der Waals surface area contributed by atoms with Gasteiger partial charge in [-0.3, -0.25) is 19.7 Å². The molecule has 28 heavy (non-hydrogen) atoms. The molecule has 0 saturated carbocycles. The number of nitro benzene ring substituents is 1. The number of piperidine rings is 1. The molecule has 1 aliphatic rings. The monoisotopic (exact) mass is 382 g/mol. The third kappa shape index (κ3) is 4.33. The molecule has 1 fully saturated rings. The first kappa shape index (κ1) is 19.5. The molecule has 8 nitrogen and oxygen atoms in total. The quantitative estimate of drug-likeness (QED) is 0.646. The number of aryl methyl sites for hydroxylation is 2. The Bertz CT molecular complexity index is 903. The molecule has 1 aliphatic heterocycles. The topological polar surface area (TPSA) is 105 Å². The Morgan fingerprint density at radius 1 is 1.18 bits per heavy atom. The number of anilines is 1. The van der Waals surface area contributed by atoms with E-state index in [2.05, 4.69) is 10.3 Å². The molecule has 1 N–H and O–H groups in total. The summed E-state index contributed by atoms with van der Waals surface area (Å²) < 4.78 is 0. The van der Waals surface area contributed by atoms with Gasteiger partial charge >= 0.3 is 0 Å². The van der Waals surface area contributed by atoms with Crippen LogP contribution in [0, 0.1) is 29.9 Å². The zero-order valence-corrected chi connectivity index (χ0v) is 15.8. The normalized spacial score (nSPS) is 14.6. The van der Waals surface area contributed by atoms with Crippen LogP contribution >= 0.6 is 0 Å². The van der Waals surface area contributed by atoms with E-state index in [-0.39, 0.29) is 23.4 Å². The third-order valence-electron chi connectivity index (χ3n) is 4.97. The van der Waals surface area contributed by atoms with Crippen molar-refractivity contribution in [3.05, 3.63) is 63.3 Å². The van der Waals surface area contributed by atoms with Crippen LogP contribution in [0.3, 0.4) is 0 Å². The van der Waals surface area contributed by atoms with Crippen LogP contribution in [-0.4, -0.2) is 39.7 Å². The number of pyridine rings is 1. The van der Waals surface area contributed by atoms with Crippen molar-refractivity contribution in [2.75, 3.05) is 18.4 Å². The molecule has 2 heterocycles. The van der Waals surface area contributed by atoms with Gasteiger partial charge in [-0.15, -0.1) is 0 Å². The van der Waals surface area contributed by atoms with Crippen molar-refractivity contribution in [2.24, 2.45) is 5.92 Å². The van der Waals surface area contributed by atoms with Gasteiger partial charge in [0.1, 0.15) is 5.82 Å². The van der Waals surface area contributed by atoms with Gasteiger partial charge in [-0.25, -0.2) is 4.98 Å². The van der Waals surface area contributed by atoms with Gasteiger partial charge in [0.2, 0.25) is 5.91 Å². The zero-order chi connectivity index (χ0) is 20.3. The minimum absolute atomic E-state index is 0.0642. The van der Waals surface area contributed by atoms with Crippen molar-refractivity contribution in [3.63, 3.8) is 0 Å². The molecule has 1 saturated heterocycles. The molecule has 0 radical (unpaired) electrons. The number of hydrogen-bond acceptors (Lipinski definition) is 5. The summed E-state index contributed by atoms with van der Waals surface area (Å²) in [7, 11) is 0. The third-order valence-corrected chi connectivity index (χ3v) is 4.97. The summed E-state index contributed by atoms with van der Waals surface area (Å²) in [5, 5.41) is 13.9. The molecule has 1 aromatic heterocycles. The highest BCUT2D eigenvalue weighted by atomic mass is 16.6. The second-order valence-electron chi connectivity index (χ2n) is 7.03. The smallest absolute Gasteiger partial charge is 0.273 e. The molecule has 2 amide bonds. The number of aromatic nitrogens is 1. The highest BCUT2D eigenvalue weighted by Gasteiger charge is 2.28. The summed E-state index contributed by atoms with van der Waals surface area (Å²) in [5.74, 6) is -0.0304. The van der Waals surface area contributed by atoms with Crippen LogP contribution in [0.2, 0.25) is 0 Å². The van der Waals surface area contributed by atoms with Crippen molar-refractivity contribution in [1.29, 1.82) is 0 Å². The van der Waals surface area contributed by atoms with Gasteiger partial charge in [0, 0.05) is 42.4 Å². The largest absolute Gasteiger partial charge is 0.339 e. The van der Waals surface area contributed by atoms with Crippen LogP contribution in [0.5, 0.6) is 0 Å². The molecule has 0 spiro atoms. The molecule has 8 heteroatoms. The molecule has 1 aromatic carbocycles. The molecule has 0 atom stereocenters. The van der Waals surface area contributed by atoms with Crippen molar-refractivity contribution < 1.29 is 14.5 Å². The Kier molecular flexibility index (Phi) is 5.67. The number of amides is 2. The number of rotatable bonds is 4. The zero-order valence-electron chi connectivity index (χ0n) is 15.8. The maximum atomic E-state index is 12.7. The van der Waals surface area contributed by atoms with E-state index in [9.17, 15) is 19.7 Å². The van der Waals surface area contributed by atoms with Gasteiger partial charge in [-0.2, -0.15) is 0 Å². The fourth-order valence-corrected chi connectivity index (χ4v) is 3.24. The molecule has 146 valence electrons. The SMILES string of the molecule is Cc1ccc(NC(=O)C2CCN(C(=O)c3ccc(C)c([N+](=O)[O-])c3)CC2)nc1. The fourth-order valence-electron chi connectivity index (χ4n) is 3.24. The van der Waals surface area contributed by atoms with Crippen molar-refractivity contribution in [1.82, 2.24) is 9.88 Å². The van der Waals surface area contributed by atoms with Crippen LogP contribution in [0.15, 0.2) is 36.5 Å². The van der Waals surface area contributed by atoms with Crippen LogP contribution in [0.4, 0.5) is 11.5 Å². The molecule has 2 aromatic rings. The van der Waals surface area contributed by atoms with E-state index in [1.807, 2.05) is 13.0 Å². The van der Waals surface area contributed by atoms with Crippen LogP contribution in [0.25, 0.3) is 0 Å². The van der Waals surface area contributed by atoms with E-state index in [4.69, 9.17) is 0 Å².